The number of carbonyl (C=O) groups excluding carboxylic acids is 1. The first-order chi connectivity index (χ1) is 14.4. The first-order valence-electron chi connectivity index (χ1n) is 9.37. The third-order valence-corrected chi connectivity index (χ3v) is 4.72. The zero-order valence-electron chi connectivity index (χ0n) is 15.8. The van der Waals surface area contributed by atoms with Crippen molar-refractivity contribution in [3.63, 3.8) is 0 Å². The molecule has 1 aliphatic heterocycles. The van der Waals surface area contributed by atoms with Crippen LogP contribution in [0.4, 0.5) is 13.2 Å². The summed E-state index contributed by atoms with van der Waals surface area (Å²) in [5.41, 5.74) is -0.446. The summed E-state index contributed by atoms with van der Waals surface area (Å²) in [4.78, 5) is 12.3. The van der Waals surface area contributed by atoms with E-state index in [0.717, 1.165) is 17.7 Å². The molecule has 0 aromatic heterocycles. The van der Waals surface area contributed by atoms with Crippen molar-refractivity contribution in [2.75, 3.05) is 6.54 Å². The molecule has 0 spiro atoms. The summed E-state index contributed by atoms with van der Waals surface area (Å²) in [6, 6.07) is 19.5. The van der Waals surface area contributed by atoms with Crippen molar-refractivity contribution in [2.45, 2.75) is 18.7 Å². The quantitative estimate of drug-likeness (QED) is 0.623. The lowest BCUT2D eigenvalue weighted by atomic mass is 10.1. The minimum Gasteiger partial charge on any atom is -0.488 e. The van der Waals surface area contributed by atoms with Gasteiger partial charge in [-0.25, -0.2) is 0 Å². The highest BCUT2D eigenvalue weighted by Gasteiger charge is 2.35. The van der Waals surface area contributed by atoms with Crippen molar-refractivity contribution in [1.29, 1.82) is 0 Å². The molecule has 0 radical (unpaired) electrons. The Morgan fingerprint density at radius 3 is 2.50 bits per heavy atom. The Kier molecular flexibility index (Phi) is 5.35. The van der Waals surface area contributed by atoms with Crippen LogP contribution < -0.4 is 14.8 Å². The molecule has 30 heavy (non-hydrogen) atoms. The lowest BCUT2D eigenvalue weighted by molar-refractivity contribution is -0.137. The lowest BCUT2D eigenvalue weighted by Crippen LogP contribution is -2.35. The number of nitrogens with one attached hydrogen (secondary N) is 1. The van der Waals surface area contributed by atoms with Crippen molar-refractivity contribution in [1.82, 2.24) is 5.32 Å². The van der Waals surface area contributed by atoms with Crippen LogP contribution in [0.3, 0.4) is 0 Å². The van der Waals surface area contributed by atoms with Gasteiger partial charge in [0.25, 0.3) is 5.91 Å². The summed E-state index contributed by atoms with van der Waals surface area (Å²) in [7, 11) is 0. The number of ether oxygens (including phenoxy) is 2. The van der Waals surface area contributed by atoms with E-state index in [4.69, 9.17) is 9.47 Å². The fourth-order valence-electron chi connectivity index (χ4n) is 3.33. The Balaban J connectivity index is 1.38. The molecule has 1 aliphatic rings. The van der Waals surface area contributed by atoms with Crippen LogP contribution in [0.25, 0.3) is 0 Å². The smallest absolute Gasteiger partial charge is 0.417 e. The number of hydrogen-bond donors (Lipinski definition) is 1. The van der Waals surface area contributed by atoms with Gasteiger partial charge in [0.2, 0.25) is 0 Å². The molecule has 1 N–H and O–H groups in total. The molecule has 7 heteroatoms. The molecule has 4 nitrogen and oxygen atoms in total. The monoisotopic (exact) mass is 413 g/mol. The van der Waals surface area contributed by atoms with E-state index >= 15 is 0 Å². The van der Waals surface area contributed by atoms with Crippen LogP contribution in [0.15, 0.2) is 72.8 Å². The van der Waals surface area contributed by atoms with Gasteiger partial charge in [0.1, 0.15) is 23.4 Å². The fourth-order valence-corrected chi connectivity index (χ4v) is 3.33. The van der Waals surface area contributed by atoms with Gasteiger partial charge in [0.15, 0.2) is 0 Å². The third-order valence-electron chi connectivity index (χ3n) is 4.72. The Labute approximate surface area is 171 Å². The summed E-state index contributed by atoms with van der Waals surface area (Å²) in [5, 5.41) is 2.55. The molecular weight excluding hydrogens is 395 g/mol. The molecule has 1 atom stereocenters. The zero-order valence-corrected chi connectivity index (χ0v) is 15.8. The standard InChI is InChI=1S/C23H18F3NO3/c24-23(25,26)20-9-5-4-8-19(20)22(28)27-14-18-13-15-12-17(10-11-21(15)30-18)29-16-6-2-1-3-7-16/h1-12,18H,13-14H2,(H,27,28). The normalized spacial score (nSPS) is 15.2. The van der Waals surface area contributed by atoms with E-state index in [2.05, 4.69) is 5.32 Å². The van der Waals surface area contributed by atoms with E-state index in [9.17, 15) is 18.0 Å². The highest BCUT2D eigenvalue weighted by molar-refractivity contribution is 5.95. The van der Waals surface area contributed by atoms with Crippen LogP contribution in [0.5, 0.6) is 17.2 Å². The third kappa shape index (κ3) is 4.40. The Bertz CT molecular complexity index is 1050. The number of carbonyl (C=O) groups is 1. The van der Waals surface area contributed by atoms with Gasteiger partial charge in [-0.05, 0) is 42.5 Å². The molecular formula is C23H18F3NO3. The Morgan fingerprint density at radius 1 is 1.00 bits per heavy atom. The summed E-state index contributed by atoms with van der Waals surface area (Å²) in [6.07, 6.45) is -4.44. The van der Waals surface area contributed by atoms with Crippen molar-refractivity contribution >= 4 is 5.91 Å². The van der Waals surface area contributed by atoms with Crippen LogP contribution in [0.1, 0.15) is 21.5 Å². The number of hydrogen-bond acceptors (Lipinski definition) is 3. The highest BCUT2D eigenvalue weighted by Crippen LogP contribution is 2.34. The summed E-state index contributed by atoms with van der Waals surface area (Å²) in [6.45, 7) is 0.0918. The first-order valence-corrected chi connectivity index (χ1v) is 9.37. The maximum atomic E-state index is 13.1. The van der Waals surface area contributed by atoms with E-state index < -0.39 is 23.2 Å². The van der Waals surface area contributed by atoms with Crippen molar-refractivity contribution in [3.8, 4) is 17.2 Å². The first kappa shape index (κ1) is 19.8. The number of para-hydroxylation sites is 1. The molecule has 154 valence electrons. The topological polar surface area (TPSA) is 47.6 Å². The van der Waals surface area contributed by atoms with Gasteiger partial charge >= 0.3 is 6.18 Å². The van der Waals surface area contributed by atoms with Crippen molar-refractivity contribution in [2.24, 2.45) is 0 Å². The molecule has 0 aliphatic carbocycles. The largest absolute Gasteiger partial charge is 0.488 e. The van der Waals surface area contributed by atoms with Crippen LogP contribution in [-0.4, -0.2) is 18.6 Å². The Morgan fingerprint density at radius 2 is 1.73 bits per heavy atom. The number of alkyl halides is 3. The van der Waals surface area contributed by atoms with Crippen molar-refractivity contribution < 1.29 is 27.4 Å². The van der Waals surface area contributed by atoms with E-state index in [1.165, 1.54) is 12.1 Å². The molecule has 1 amide bonds. The second kappa shape index (κ2) is 8.10. The van der Waals surface area contributed by atoms with Gasteiger partial charge in [-0.3, -0.25) is 4.79 Å². The van der Waals surface area contributed by atoms with Crippen LogP contribution >= 0.6 is 0 Å². The second-order valence-electron chi connectivity index (χ2n) is 6.88. The highest BCUT2D eigenvalue weighted by atomic mass is 19.4. The van der Waals surface area contributed by atoms with Crippen LogP contribution in [0.2, 0.25) is 0 Å². The van der Waals surface area contributed by atoms with Crippen LogP contribution in [-0.2, 0) is 12.6 Å². The molecule has 0 bridgehead atoms. The molecule has 0 fully saturated rings. The predicted molar refractivity (Wildman–Crippen MR) is 105 cm³/mol. The van der Waals surface area contributed by atoms with Gasteiger partial charge in [-0.1, -0.05) is 30.3 Å². The van der Waals surface area contributed by atoms with E-state index in [0.29, 0.717) is 23.7 Å². The van der Waals surface area contributed by atoms with Gasteiger partial charge in [0, 0.05) is 12.0 Å². The van der Waals surface area contributed by atoms with Crippen molar-refractivity contribution in [3.05, 3.63) is 89.5 Å². The SMILES string of the molecule is O=C(NCC1Cc2cc(Oc3ccccc3)ccc2O1)c1ccccc1C(F)(F)F. The van der Waals surface area contributed by atoms with Gasteiger partial charge in [-0.2, -0.15) is 13.2 Å². The molecule has 3 aromatic carbocycles. The summed E-state index contributed by atoms with van der Waals surface area (Å²) in [5.74, 6) is 1.26. The average Bonchev–Trinajstić information content (AvgIpc) is 3.14. The number of benzene rings is 3. The summed E-state index contributed by atoms with van der Waals surface area (Å²) < 4.78 is 50.9. The Hall–Kier alpha value is -3.48. The van der Waals surface area contributed by atoms with Gasteiger partial charge in [0.05, 0.1) is 17.7 Å². The fraction of sp³-hybridized carbons (Fsp3) is 0.174. The predicted octanol–water partition coefficient (Wildman–Crippen LogP) is 5.23. The zero-order chi connectivity index (χ0) is 21.1. The number of fused-ring (bicyclic) bond motifs is 1. The lowest BCUT2D eigenvalue weighted by Gasteiger charge is -2.15. The second-order valence-corrected chi connectivity index (χ2v) is 6.88. The summed E-state index contributed by atoms with van der Waals surface area (Å²) >= 11 is 0. The number of rotatable bonds is 5. The average molecular weight is 413 g/mol. The molecule has 1 heterocycles. The van der Waals surface area contributed by atoms with Crippen LogP contribution in [0, 0.1) is 0 Å². The molecule has 4 rings (SSSR count). The molecule has 0 saturated carbocycles. The van der Waals surface area contributed by atoms with Gasteiger partial charge in [-0.15, -0.1) is 0 Å². The molecule has 1 unspecified atom stereocenters. The maximum Gasteiger partial charge on any atom is 0.417 e. The van der Waals surface area contributed by atoms with E-state index in [1.807, 2.05) is 36.4 Å². The van der Waals surface area contributed by atoms with E-state index in [1.54, 1.807) is 12.1 Å². The number of amides is 1. The minimum absolute atomic E-state index is 0.0918. The van der Waals surface area contributed by atoms with E-state index in [-0.39, 0.29) is 12.6 Å². The molecule has 0 saturated heterocycles. The number of halogens is 3. The maximum absolute atomic E-state index is 13.1. The minimum atomic E-state index is -4.59. The van der Waals surface area contributed by atoms with Gasteiger partial charge < -0.3 is 14.8 Å². The molecule has 3 aromatic rings.